The maximum Gasteiger partial charge on any atom is 0.360 e. The number of esters is 1. The van der Waals surface area contributed by atoms with Crippen molar-refractivity contribution in [2.24, 2.45) is 7.05 Å². The summed E-state index contributed by atoms with van der Waals surface area (Å²) in [6.07, 6.45) is 0. The van der Waals surface area contributed by atoms with Crippen molar-refractivity contribution in [2.45, 2.75) is 19.8 Å². The fraction of sp³-hybridized carbons (Fsp3) is 0.625. The van der Waals surface area contributed by atoms with E-state index in [1.807, 2.05) is 13.8 Å². The van der Waals surface area contributed by atoms with Crippen LogP contribution in [-0.4, -0.2) is 28.1 Å². The summed E-state index contributed by atoms with van der Waals surface area (Å²) in [4.78, 5) is 11.2. The van der Waals surface area contributed by atoms with Gasteiger partial charge in [0, 0.05) is 7.05 Å². The molecule has 1 heterocycles. The SMILES string of the molecule is COC(=O)c1nnn(C)c1C(C)C. The van der Waals surface area contributed by atoms with E-state index in [0.29, 0.717) is 5.69 Å². The van der Waals surface area contributed by atoms with Crippen molar-refractivity contribution >= 4 is 5.97 Å². The first-order valence-electron chi connectivity index (χ1n) is 4.05. The molecular weight excluding hydrogens is 170 g/mol. The van der Waals surface area contributed by atoms with Crippen LogP contribution in [0.3, 0.4) is 0 Å². The summed E-state index contributed by atoms with van der Waals surface area (Å²) in [6, 6.07) is 0. The summed E-state index contributed by atoms with van der Waals surface area (Å²) in [7, 11) is 3.09. The normalized spacial score (nSPS) is 10.5. The van der Waals surface area contributed by atoms with Crippen molar-refractivity contribution in [3.63, 3.8) is 0 Å². The predicted molar refractivity (Wildman–Crippen MR) is 46.4 cm³/mol. The number of methoxy groups -OCH3 is 1. The predicted octanol–water partition coefficient (Wildman–Crippen LogP) is 0.725. The Labute approximate surface area is 76.7 Å². The second-order valence-electron chi connectivity index (χ2n) is 3.09. The van der Waals surface area contributed by atoms with Crippen LogP contribution in [-0.2, 0) is 11.8 Å². The Morgan fingerprint density at radius 2 is 2.15 bits per heavy atom. The first-order valence-corrected chi connectivity index (χ1v) is 4.05. The molecule has 0 aliphatic heterocycles. The maximum atomic E-state index is 11.2. The van der Waals surface area contributed by atoms with Crippen LogP contribution in [0.25, 0.3) is 0 Å². The summed E-state index contributed by atoms with van der Waals surface area (Å²) in [5.41, 5.74) is 1.10. The lowest BCUT2D eigenvalue weighted by Gasteiger charge is -2.05. The molecule has 0 atom stereocenters. The third-order valence-corrected chi connectivity index (χ3v) is 1.80. The Hall–Kier alpha value is -1.39. The number of aromatic nitrogens is 3. The highest BCUT2D eigenvalue weighted by Crippen LogP contribution is 2.16. The van der Waals surface area contributed by atoms with Crippen LogP contribution >= 0.6 is 0 Å². The van der Waals surface area contributed by atoms with Crippen LogP contribution < -0.4 is 0 Å². The molecule has 72 valence electrons. The molecule has 1 aromatic rings. The number of nitrogens with zero attached hydrogens (tertiary/aromatic N) is 3. The van der Waals surface area contributed by atoms with Gasteiger partial charge in [0.15, 0.2) is 5.69 Å². The number of carbonyl (C=O) groups is 1. The van der Waals surface area contributed by atoms with Gasteiger partial charge in [-0.25, -0.2) is 4.79 Å². The van der Waals surface area contributed by atoms with Crippen molar-refractivity contribution in [2.75, 3.05) is 7.11 Å². The molecule has 0 saturated carbocycles. The second-order valence-corrected chi connectivity index (χ2v) is 3.09. The third-order valence-electron chi connectivity index (χ3n) is 1.80. The van der Waals surface area contributed by atoms with Crippen molar-refractivity contribution in [1.82, 2.24) is 15.0 Å². The van der Waals surface area contributed by atoms with Gasteiger partial charge in [0.05, 0.1) is 12.8 Å². The minimum atomic E-state index is -0.434. The molecule has 1 rings (SSSR count). The molecular formula is C8H13N3O2. The van der Waals surface area contributed by atoms with Crippen molar-refractivity contribution in [3.8, 4) is 0 Å². The molecule has 0 fully saturated rings. The van der Waals surface area contributed by atoms with Crippen molar-refractivity contribution in [1.29, 1.82) is 0 Å². The summed E-state index contributed by atoms with van der Waals surface area (Å²) in [5, 5.41) is 7.52. The molecule has 0 bridgehead atoms. The Balaban J connectivity index is 3.15. The fourth-order valence-corrected chi connectivity index (χ4v) is 1.25. The molecule has 5 nitrogen and oxygen atoms in total. The summed E-state index contributed by atoms with van der Waals surface area (Å²) in [6.45, 7) is 3.95. The summed E-state index contributed by atoms with van der Waals surface area (Å²) < 4.78 is 6.18. The molecule has 0 spiro atoms. The summed E-state index contributed by atoms with van der Waals surface area (Å²) in [5.74, 6) is -0.231. The van der Waals surface area contributed by atoms with Gasteiger partial charge < -0.3 is 4.74 Å². The highest BCUT2D eigenvalue weighted by atomic mass is 16.5. The van der Waals surface area contributed by atoms with Gasteiger partial charge in [0.25, 0.3) is 0 Å². The van der Waals surface area contributed by atoms with Gasteiger partial charge in [-0.2, -0.15) is 0 Å². The maximum absolute atomic E-state index is 11.2. The number of hydrogen-bond acceptors (Lipinski definition) is 4. The van der Waals surface area contributed by atoms with Crippen LogP contribution in [0.1, 0.15) is 35.9 Å². The van der Waals surface area contributed by atoms with Crippen LogP contribution in [0.15, 0.2) is 0 Å². The third kappa shape index (κ3) is 1.68. The number of carbonyl (C=O) groups excluding carboxylic acids is 1. The van der Waals surface area contributed by atoms with E-state index < -0.39 is 5.97 Å². The zero-order valence-electron chi connectivity index (χ0n) is 8.24. The molecule has 0 saturated heterocycles. The Morgan fingerprint density at radius 3 is 2.62 bits per heavy atom. The summed E-state index contributed by atoms with van der Waals surface area (Å²) >= 11 is 0. The lowest BCUT2D eigenvalue weighted by atomic mass is 10.1. The lowest BCUT2D eigenvalue weighted by Crippen LogP contribution is -2.08. The molecule has 0 aliphatic carbocycles. The van der Waals surface area contributed by atoms with Crippen LogP contribution in [0.5, 0.6) is 0 Å². The van der Waals surface area contributed by atoms with Gasteiger partial charge in [0.2, 0.25) is 0 Å². The average molecular weight is 183 g/mol. The molecule has 0 N–H and O–H groups in total. The molecule has 0 aliphatic rings. The zero-order chi connectivity index (χ0) is 10.0. The molecule has 1 aromatic heterocycles. The molecule has 0 aromatic carbocycles. The van der Waals surface area contributed by atoms with E-state index in [9.17, 15) is 4.79 Å². The Bertz CT molecular complexity index is 317. The zero-order valence-corrected chi connectivity index (χ0v) is 8.24. The van der Waals surface area contributed by atoms with E-state index in [2.05, 4.69) is 15.0 Å². The van der Waals surface area contributed by atoms with Crippen LogP contribution in [0.2, 0.25) is 0 Å². The Morgan fingerprint density at radius 1 is 1.54 bits per heavy atom. The van der Waals surface area contributed by atoms with Crippen molar-refractivity contribution < 1.29 is 9.53 Å². The van der Waals surface area contributed by atoms with Gasteiger partial charge >= 0.3 is 5.97 Å². The topological polar surface area (TPSA) is 57.0 Å². The smallest absolute Gasteiger partial charge is 0.360 e. The van der Waals surface area contributed by atoms with Crippen LogP contribution in [0, 0.1) is 0 Å². The Kier molecular flexibility index (Phi) is 2.65. The van der Waals surface area contributed by atoms with Gasteiger partial charge in [0.1, 0.15) is 0 Å². The highest BCUT2D eigenvalue weighted by molar-refractivity contribution is 5.88. The van der Waals surface area contributed by atoms with E-state index >= 15 is 0 Å². The number of ether oxygens (including phenoxy) is 1. The van der Waals surface area contributed by atoms with Crippen LogP contribution in [0.4, 0.5) is 0 Å². The van der Waals surface area contributed by atoms with E-state index in [-0.39, 0.29) is 5.92 Å². The van der Waals surface area contributed by atoms with Gasteiger partial charge in [-0.15, -0.1) is 5.10 Å². The van der Waals surface area contributed by atoms with E-state index in [4.69, 9.17) is 0 Å². The van der Waals surface area contributed by atoms with E-state index in [1.54, 1.807) is 11.7 Å². The molecule has 0 amide bonds. The standard InChI is InChI=1S/C8H13N3O2/c1-5(2)7-6(8(12)13-4)9-10-11(7)3/h5H,1-4H3. The van der Waals surface area contributed by atoms with E-state index in [1.165, 1.54) is 7.11 Å². The number of rotatable bonds is 2. The molecule has 0 unspecified atom stereocenters. The largest absolute Gasteiger partial charge is 0.464 e. The van der Waals surface area contributed by atoms with Gasteiger partial charge in [-0.1, -0.05) is 19.1 Å². The first kappa shape index (κ1) is 9.70. The molecule has 13 heavy (non-hydrogen) atoms. The average Bonchev–Trinajstić information content (AvgIpc) is 2.45. The molecule has 0 radical (unpaired) electrons. The van der Waals surface area contributed by atoms with E-state index in [0.717, 1.165) is 5.69 Å². The fourth-order valence-electron chi connectivity index (χ4n) is 1.25. The quantitative estimate of drug-likeness (QED) is 0.634. The molecule has 5 heteroatoms. The lowest BCUT2D eigenvalue weighted by molar-refractivity contribution is 0.0592. The number of hydrogen-bond donors (Lipinski definition) is 0. The van der Waals surface area contributed by atoms with Gasteiger partial charge in [-0.05, 0) is 5.92 Å². The minimum absolute atomic E-state index is 0.203. The monoisotopic (exact) mass is 183 g/mol. The first-order chi connectivity index (χ1) is 6.07. The minimum Gasteiger partial charge on any atom is -0.464 e. The number of aryl methyl sites for hydroxylation is 1. The second kappa shape index (κ2) is 3.55. The highest BCUT2D eigenvalue weighted by Gasteiger charge is 2.20. The van der Waals surface area contributed by atoms with Gasteiger partial charge in [-0.3, -0.25) is 4.68 Å². The van der Waals surface area contributed by atoms with Crippen molar-refractivity contribution in [3.05, 3.63) is 11.4 Å².